The van der Waals surface area contributed by atoms with Crippen LogP contribution in [0.15, 0.2) is 0 Å². The number of halogens is 3. The molecule has 1 fully saturated rings. The van der Waals surface area contributed by atoms with E-state index >= 15 is 0 Å². The van der Waals surface area contributed by atoms with Crippen molar-refractivity contribution in [2.45, 2.75) is 48.3 Å². The lowest BCUT2D eigenvalue weighted by Gasteiger charge is -2.40. The summed E-state index contributed by atoms with van der Waals surface area (Å²) in [5, 5.41) is 7.65. The number of ether oxygens (including phenoxy) is 4. The normalized spacial score (nSPS) is 26.3. The summed E-state index contributed by atoms with van der Waals surface area (Å²) in [4.78, 5) is 34.1. The van der Waals surface area contributed by atoms with Crippen LogP contribution in [0, 0.1) is 5.41 Å². The molecule has 1 aliphatic rings. The van der Waals surface area contributed by atoms with Gasteiger partial charge in [-0.15, -0.1) is 11.8 Å². The van der Waals surface area contributed by atoms with Crippen LogP contribution in [0.1, 0.15) is 20.8 Å². The highest BCUT2D eigenvalue weighted by Gasteiger charge is 2.49. The van der Waals surface area contributed by atoms with Gasteiger partial charge in [-0.25, -0.2) is 0 Å². The minimum atomic E-state index is -2.12. The second-order valence-corrected chi connectivity index (χ2v) is 8.35. The minimum absolute atomic E-state index is 0.146. The topological polar surface area (TPSA) is 112 Å². The van der Waals surface area contributed by atoms with Gasteiger partial charge in [0.05, 0.1) is 0 Å². The van der Waals surface area contributed by atoms with Gasteiger partial charge < -0.3 is 18.9 Å². The number of alkyl halides is 3. The molecule has 1 saturated heterocycles. The van der Waals surface area contributed by atoms with E-state index in [1.807, 2.05) is 0 Å². The smallest absolute Gasteiger partial charge is 0.303 e. The predicted molar refractivity (Wildman–Crippen MR) is 92.0 cm³/mol. The SMILES string of the molecule is CC(=O)O[C@H]1[C@H](OC(C)=O)CSC(OC(=N)C(Cl)(Cl)Cl)[C@@H]1OC(C)=O. The van der Waals surface area contributed by atoms with Crippen molar-refractivity contribution in [2.75, 3.05) is 5.75 Å². The Hall–Kier alpha value is -0.900. The maximum Gasteiger partial charge on any atom is 0.303 e. The quantitative estimate of drug-likeness (QED) is 0.235. The number of hydrogen-bond acceptors (Lipinski definition) is 9. The highest BCUT2D eigenvalue weighted by atomic mass is 35.6. The van der Waals surface area contributed by atoms with E-state index in [0.29, 0.717) is 0 Å². The van der Waals surface area contributed by atoms with Crippen molar-refractivity contribution in [1.82, 2.24) is 0 Å². The average Bonchev–Trinajstić information content (AvgIpc) is 2.42. The molecule has 0 aromatic rings. The van der Waals surface area contributed by atoms with Gasteiger partial charge in [0, 0.05) is 26.5 Å². The summed E-state index contributed by atoms with van der Waals surface area (Å²) >= 11 is 17.8. The Kier molecular flexibility index (Phi) is 8.11. The van der Waals surface area contributed by atoms with Crippen LogP contribution in [-0.4, -0.2) is 57.1 Å². The lowest BCUT2D eigenvalue weighted by atomic mass is 10.1. The van der Waals surface area contributed by atoms with Crippen LogP contribution in [0.25, 0.3) is 0 Å². The highest BCUT2D eigenvalue weighted by Crippen LogP contribution is 2.36. The van der Waals surface area contributed by atoms with Gasteiger partial charge in [-0.05, 0) is 0 Å². The molecule has 0 saturated carbocycles. The average molecular weight is 437 g/mol. The van der Waals surface area contributed by atoms with E-state index in [9.17, 15) is 14.4 Å². The van der Waals surface area contributed by atoms with Crippen molar-refractivity contribution in [2.24, 2.45) is 0 Å². The molecule has 0 aromatic heterocycles. The first kappa shape index (κ1) is 22.1. The molecule has 0 spiro atoms. The number of thioether (sulfide) groups is 1. The van der Waals surface area contributed by atoms with Crippen LogP contribution >= 0.6 is 46.6 Å². The van der Waals surface area contributed by atoms with Gasteiger partial charge in [-0.3, -0.25) is 19.8 Å². The van der Waals surface area contributed by atoms with Gasteiger partial charge in [0.15, 0.2) is 23.7 Å². The van der Waals surface area contributed by atoms with Crippen LogP contribution in [0.2, 0.25) is 0 Å². The van der Waals surface area contributed by atoms with Crippen molar-refractivity contribution in [3.63, 3.8) is 0 Å². The number of hydrogen-bond donors (Lipinski definition) is 1. The molecule has 1 unspecified atom stereocenters. The minimum Gasteiger partial charge on any atom is -0.459 e. The summed E-state index contributed by atoms with van der Waals surface area (Å²) in [6.45, 7) is 3.48. The van der Waals surface area contributed by atoms with E-state index in [4.69, 9.17) is 59.2 Å². The maximum absolute atomic E-state index is 11.4. The Bertz CT molecular complexity index is 554. The molecule has 1 N–H and O–H groups in total. The van der Waals surface area contributed by atoms with Crippen molar-refractivity contribution < 1.29 is 33.3 Å². The molecule has 142 valence electrons. The number of esters is 3. The van der Waals surface area contributed by atoms with Crippen LogP contribution in [-0.2, 0) is 33.3 Å². The zero-order chi connectivity index (χ0) is 19.4. The van der Waals surface area contributed by atoms with Gasteiger partial charge >= 0.3 is 17.9 Å². The second-order valence-electron chi connectivity index (χ2n) is 4.94. The van der Waals surface area contributed by atoms with Crippen LogP contribution in [0.3, 0.4) is 0 Å². The molecule has 4 atom stereocenters. The van der Waals surface area contributed by atoms with Crippen molar-refractivity contribution >= 4 is 70.4 Å². The fourth-order valence-electron chi connectivity index (χ4n) is 1.99. The van der Waals surface area contributed by atoms with E-state index in [0.717, 1.165) is 25.6 Å². The van der Waals surface area contributed by atoms with Crippen molar-refractivity contribution in [1.29, 1.82) is 5.41 Å². The van der Waals surface area contributed by atoms with Crippen LogP contribution < -0.4 is 0 Å². The molecule has 0 bridgehead atoms. The zero-order valence-corrected chi connectivity index (χ0v) is 16.5. The first-order valence-corrected chi connectivity index (χ1v) is 9.05. The maximum atomic E-state index is 11.4. The third-order valence-corrected chi connectivity index (χ3v) is 4.53. The van der Waals surface area contributed by atoms with Gasteiger partial charge in [0.25, 0.3) is 3.79 Å². The highest BCUT2D eigenvalue weighted by molar-refractivity contribution is 7.99. The fraction of sp³-hybridized carbons (Fsp3) is 0.692. The van der Waals surface area contributed by atoms with Gasteiger partial charge in [0.1, 0.15) is 0 Å². The number of carbonyl (C=O) groups excluding carboxylic acids is 3. The first-order chi connectivity index (χ1) is 11.4. The molecule has 12 heteroatoms. The van der Waals surface area contributed by atoms with Gasteiger partial charge in [-0.1, -0.05) is 34.8 Å². The van der Waals surface area contributed by atoms with E-state index in [2.05, 4.69) is 0 Å². The second kappa shape index (κ2) is 9.16. The Labute approximate surface area is 163 Å². The third-order valence-electron chi connectivity index (χ3n) is 2.80. The molecule has 0 radical (unpaired) electrons. The molecule has 0 amide bonds. The first-order valence-electron chi connectivity index (χ1n) is 6.87. The lowest BCUT2D eigenvalue weighted by molar-refractivity contribution is -0.187. The number of rotatable bonds is 4. The van der Waals surface area contributed by atoms with Crippen molar-refractivity contribution in [3.8, 4) is 0 Å². The lowest BCUT2D eigenvalue weighted by Crippen LogP contribution is -2.55. The Balaban J connectivity index is 3.09. The Morgan fingerprint density at radius 1 is 0.920 bits per heavy atom. The van der Waals surface area contributed by atoms with Crippen LogP contribution in [0.5, 0.6) is 0 Å². The third kappa shape index (κ3) is 7.08. The number of carbonyl (C=O) groups is 3. The Morgan fingerprint density at radius 2 is 1.40 bits per heavy atom. The molecular formula is C13H16Cl3NO7S. The van der Waals surface area contributed by atoms with E-state index < -0.39 is 51.3 Å². The molecule has 0 aliphatic carbocycles. The Morgan fingerprint density at radius 3 is 1.84 bits per heavy atom. The predicted octanol–water partition coefficient (Wildman–Crippen LogP) is 2.22. The monoisotopic (exact) mass is 435 g/mol. The fourth-order valence-corrected chi connectivity index (χ4v) is 3.33. The summed E-state index contributed by atoms with van der Waals surface area (Å²) in [5.41, 5.74) is -1.01. The van der Waals surface area contributed by atoms with E-state index in [1.54, 1.807) is 0 Å². The standard InChI is InChI=1S/C13H16Cl3NO7S/c1-5(18)21-8-4-25-11(24-12(17)13(14,15)16)10(23-7(3)20)9(8)22-6(2)19/h8-11,17H,4H2,1-3H3/t8-,9+,10-,11?/m1/s1. The summed E-state index contributed by atoms with van der Waals surface area (Å²) in [5.74, 6) is -2.52. The van der Waals surface area contributed by atoms with Crippen molar-refractivity contribution in [3.05, 3.63) is 0 Å². The largest absolute Gasteiger partial charge is 0.459 e. The molecule has 25 heavy (non-hydrogen) atoms. The summed E-state index contributed by atoms with van der Waals surface area (Å²) in [6, 6.07) is 0. The van der Waals surface area contributed by atoms with E-state index in [-0.39, 0.29) is 5.75 Å². The molecule has 0 aromatic carbocycles. The molecular weight excluding hydrogens is 421 g/mol. The van der Waals surface area contributed by atoms with Gasteiger partial charge in [0.2, 0.25) is 5.90 Å². The van der Waals surface area contributed by atoms with Gasteiger partial charge in [-0.2, -0.15) is 0 Å². The summed E-state index contributed by atoms with van der Waals surface area (Å²) < 4.78 is 18.6. The summed E-state index contributed by atoms with van der Waals surface area (Å²) in [6.07, 6.45) is -3.20. The zero-order valence-electron chi connectivity index (χ0n) is 13.4. The molecule has 1 heterocycles. The van der Waals surface area contributed by atoms with Crippen LogP contribution in [0.4, 0.5) is 0 Å². The molecule has 8 nitrogen and oxygen atoms in total. The van der Waals surface area contributed by atoms with E-state index in [1.165, 1.54) is 6.92 Å². The summed E-state index contributed by atoms with van der Waals surface area (Å²) in [7, 11) is 0. The molecule has 1 aliphatic heterocycles. The number of nitrogens with one attached hydrogen (secondary N) is 1. The molecule has 1 rings (SSSR count).